The SMILES string of the molecule is CC(Cl)SC(c1ccccc1)(c1ccccc1)c1ccccc1.N. The molecule has 3 rings (SSSR count). The molecular formula is C21H22ClNS. The molecular weight excluding hydrogens is 334 g/mol. The fourth-order valence-corrected chi connectivity index (χ4v) is 4.67. The lowest BCUT2D eigenvalue weighted by Crippen LogP contribution is -2.27. The number of alkyl halides is 1. The topological polar surface area (TPSA) is 35.0 Å². The summed E-state index contributed by atoms with van der Waals surface area (Å²) in [5, 5.41) is 0. The highest BCUT2D eigenvalue weighted by molar-refractivity contribution is 8.02. The minimum Gasteiger partial charge on any atom is -0.344 e. The van der Waals surface area contributed by atoms with E-state index in [1.165, 1.54) is 16.7 Å². The van der Waals surface area contributed by atoms with Gasteiger partial charge in [-0.15, -0.1) is 23.4 Å². The summed E-state index contributed by atoms with van der Waals surface area (Å²) in [6.07, 6.45) is 0. The average molecular weight is 356 g/mol. The van der Waals surface area contributed by atoms with Crippen molar-refractivity contribution in [3.63, 3.8) is 0 Å². The predicted molar refractivity (Wildman–Crippen MR) is 107 cm³/mol. The van der Waals surface area contributed by atoms with Crippen LogP contribution in [0.4, 0.5) is 0 Å². The molecule has 0 radical (unpaired) electrons. The van der Waals surface area contributed by atoms with Gasteiger partial charge in [-0.2, -0.15) is 0 Å². The number of thioether (sulfide) groups is 1. The van der Waals surface area contributed by atoms with Crippen LogP contribution in [0.1, 0.15) is 23.6 Å². The maximum Gasteiger partial charge on any atom is 0.0921 e. The van der Waals surface area contributed by atoms with Gasteiger partial charge in [-0.25, -0.2) is 0 Å². The molecule has 0 saturated carbocycles. The summed E-state index contributed by atoms with van der Waals surface area (Å²) in [5.74, 6) is 0. The molecule has 0 heterocycles. The van der Waals surface area contributed by atoms with Crippen LogP contribution in [0.3, 0.4) is 0 Å². The van der Waals surface area contributed by atoms with Crippen LogP contribution in [0, 0.1) is 0 Å². The van der Waals surface area contributed by atoms with E-state index < -0.39 is 0 Å². The first-order valence-corrected chi connectivity index (χ1v) is 9.03. The molecule has 0 fully saturated rings. The Morgan fingerprint density at radius 1 is 0.667 bits per heavy atom. The van der Waals surface area contributed by atoms with Gasteiger partial charge in [0, 0.05) is 0 Å². The fraction of sp³-hybridized carbons (Fsp3) is 0.143. The first-order valence-electron chi connectivity index (χ1n) is 7.72. The van der Waals surface area contributed by atoms with E-state index in [9.17, 15) is 0 Å². The molecule has 0 bridgehead atoms. The van der Waals surface area contributed by atoms with Gasteiger partial charge >= 0.3 is 0 Å². The number of benzene rings is 3. The summed E-state index contributed by atoms with van der Waals surface area (Å²) < 4.78 is -0.332. The van der Waals surface area contributed by atoms with E-state index in [0.717, 1.165) is 0 Å². The van der Waals surface area contributed by atoms with Gasteiger partial charge in [0.25, 0.3) is 0 Å². The van der Waals surface area contributed by atoms with Crippen LogP contribution in [0.5, 0.6) is 0 Å². The number of halogens is 1. The van der Waals surface area contributed by atoms with Gasteiger partial charge in [-0.1, -0.05) is 91.0 Å². The van der Waals surface area contributed by atoms with Crippen molar-refractivity contribution in [3.05, 3.63) is 108 Å². The van der Waals surface area contributed by atoms with Crippen molar-refractivity contribution in [2.45, 2.75) is 16.4 Å². The maximum absolute atomic E-state index is 6.47. The van der Waals surface area contributed by atoms with Crippen molar-refractivity contribution in [3.8, 4) is 0 Å². The monoisotopic (exact) mass is 355 g/mol. The largest absolute Gasteiger partial charge is 0.344 e. The number of hydrogen-bond acceptors (Lipinski definition) is 2. The molecule has 0 spiro atoms. The lowest BCUT2D eigenvalue weighted by atomic mass is 9.84. The Hall–Kier alpha value is -1.74. The molecule has 3 aromatic rings. The van der Waals surface area contributed by atoms with Crippen LogP contribution in [0.2, 0.25) is 0 Å². The molecule has 0 aliphatic rings. The summed E-state index contributed by atoms with van der Waals surface area (Å²) in [7, 11) is 0. The fourth-order valence-electron chi connectivity index (χ4n) is 2.97. The van der Waals surface area contributed by atoms with Gasteiger partial charge in [0.15, 0.2) is 0 Å². The van der Waals surface area contributed by atoms with Gasteiger partial charge in [0.05, 0.1) is 9.46 Å². The third-order valence-electron chi connectivity index (χ3n) is 3.88. The third-order valence-corrected chi connectivity index (χ3v) is 5.53. The second kappa shape index (κ2) is 8.39. The van der Waals surface area contributed by atoms with E-state index in [1.807, 2.05) is 6.92 Å². The van der Waals surface area contributed by atoms with Crippen molar-refractivity contribution >= 4 is 23.4 Å². The Morgan fingerprint density at radius 2 is 0.958 bits per heavy atom. The van der Waals surface area contributed by atoms with Crippen molar-refractivity contribution in [1.82, 2.24) is 6.15 Å². The Balaban J connectivity index is 0.00000208. The first-order chi connectivity index (χ1) is 11.2. The lowest BCUT2D eigenvalue weighted by Gasteiger charge is -2.36. The highest BCUT2D eigenvalue weighted by atomic mass is 35.5. The van der Waals surface area contributed by atoms with Gasteiger partial charge in [-0.05, 0) is 23.6 Å². The van der Waals surface area contributed by atoms with Gasteiger partial charge < -0.3 is 6.15 Å². The van der Waals surface area contributed by atoms with Gasteiger partial charge in [0.1, 0.15) is 0 Å². The Labute approximate surface area is 153 Å². The summed E-state index contributed by atoms with van der Waals surface area (Å²) in [6, 6.07) is 31.8. The molecule has 0 aliphatic carbocycles. The maximum atomic E-state index is 6.47. The molecule has 3 N–H and O–H groups in total. The first kappa shape index (κ1) is 18.6. The van der Waals surface area contributed by atoms with E-state index in [1.54, 1.807) is 11.8 Å². The predicted octanol–water partition coefficient (Wildman–Crippen LogP) is 6.46. The second-order valence-electron chi connectivity index (χ2n) is 5.44. The van der Waals surface area contributed by atoms with Crippen LogP contribution in [0.25, 0.3) is 0 Å². The molecule has 1 nitrogen and oxygen atoms in total. The molecule has 0 saturated heterocycles. The summed E-state index contributed by atoms with van der Waals surface area (Å²) in [6.45, 7) is 2.04. The summed E-state index contributed by atoms with van der Waals surface area (Å²) in [4.78, 5) is 0. The van der Waals surface area contributed by atoms with Crippen LogP contribution in [0.15, 0.2) is 91.0 Å². The van der Waals surface area contributed by atoms with Gasteiger partial charge in [0.2, 0.25) is 0 Å². The minimum atomic E-state index is -0.315. The number of rotatable bonds is 5. The van der Waals surface area contributed by atoms with Crippen LogP contribution < -0.4 is 6.15 Å². The highest BCUT2D eigenvalue weighted by Crippen LogP contribution is 2.50. The average Bonchev–Trinajstić information content (AvgIpc) is 2.62. The van der Waals surface area contributed by atoms with Crippen molar-refractivity contribution < 1.29 is 0 Å². The van der Waals surface area contributed by atoms with Crippen molar-refractivity contribution in [2.75, 3.05) is 0 Å². The minimum absolute atomic E-state index is 0. The molecule has 124 valence electrons. The molecule has 24 heavy (non-hydrogen) atoms. The van der Waals surface area contributed by atoms with E-state index in [2.05, 4.69) is 91.0 Å². The molecule has 0 aliphatic heterocycles. The van der Waals surface area contributed by atoms with Gasteiger partial charge in [-0.3, -0.25) is 0 Å². The smallest absolute Gasteiger partial charge is 0.0921 e. The zero-order valence-corrected chi connectivity index (χ0v) is 15.3. The molecule has 1 unspecified atom stereocenters. The zero-order chi connectivity index (χ0) is 16.1. The molecule has 3 heteroatoms. The standard InChI is InChI=1S/C21H19ClS.H3N/c1-17(22)23-21(18-11-5-2-6-12-18,19-13-7-3-8-14-19)20-15-9-4-10-16-20;/h2-17H,1H3;1H3. The van der Waals surface area contributed by atoms with Crippen LogP contribution in [-0.4, -0.2) is 4.71 Å². The van der Waals surface area contributed by atoms with Crippen molar-refractivity contribution in [2.24, 2.45) is 0 Å². The van der Waals surface area contributed by atoms with E-state index in [4.69, 9.17) is 11.6 Å². The Morgan fingerprint density at radius 3 is 1.21 bits per heavy atom. The summed E-state index contributed by atoms with van der Waals surface area (Å²) >= 11 is 8.25. The zero-order valence-electron chi connectivity index (χ0n) is 13.7. The third kappa shape index (κ3) is 3.67. The van der Waals surface area contributed by atoms with E-state index in [0.29, 0.717) is 0 Å². The normalized spacial score (nSPS) is 12.2. The summed E-state index contributed by atoms with van der Waals surface area (Å²) in [5.41, 5.74) is 3.74. The highest BCUT2D eigenvalue weighted by Gasteiger charge is 2.38. The molecule has 0 amide bonds. The molecule has 1 atom stereocenters. The van der Waals surface area contributed by atoms with Crippen molar-refractivity contribution in [1.29, 1.82) is 0 Å². The quantitative estimate of drug-likeness (QED) is 0.421. The molecule has 0 aromatic heterocycles. The van der Waals surface area contributed by atoms with Crippen LogP contribution >= 0.6 is 23.4 Å². The lowest BCUT2D eigenvalue weighted by molar-refractivity contribution is 0.892. The van der Waals surface area contributed by atoms with E-state index >= 15 is 0 Å². The number of hydrogen-bond donors (Lipinski definition) is 1. The second-order valence-corrected chi connectivity index (χ2v) is 7.91. The Bertz CT molecular complexity index is 633. The van der Waals surface area contributed by atoms with Crippen LogP contribution in [-0.2, 0) is 4.75 Å². The van der Waals surface area contributed by atoms with E-state index in [-0.39, 0.29) is 15.6 Å². The molecule has 3 aromatic carbocycles. The Kier molecular flexibility index (Phi) is 6.50.